The van der Waals surface area contributed by atoms with Crippen LogP contribution in [0, 0.1) is 13.8 Å². The quantitative estimate of drug-likeness (QED) is 0.904. The van der Waals surface area contributed by atoms with Gasteiger partial charge < -0.3 is 5.32 Å². The van der Waals surface area contributed by atoms with Gasteiger partial charge in [-0.15, -0.1) is 0 Å². The second kappa shape index (κ2) is 5.14. The zero-order valence-electron chi connectivity index (χ0n) is 10.1. The Morgan fingerprint density at radius 1 is 1.28 bits per heavy atom. The van der Waals surface area contributed by atoms with E-state index in [1.807, 2.05) is 19.9 Å². The summed E-state index contributed by atoms with van der Waals surface area (Å²) >= 11 is 6.00. The smallest absolute Gasteiger partial charge is 0.259 e. The summed E-state index contributed by atoms with van der Waals surface area (Å²) in [6.07, 6.45) is 3.10. The molecule has 5 heteroatoms. The predicted octanol–water partition coefficient (Wildman–Crippen LogP) is 3.00. The van der Waals surface area contributed by atoms with Crippen LogP contribution < -0.4 is 5.32 Å². The largest absolute Gasteiger partial charge is 0.306 e. The predicted molar refractivity (Wildman–Crippen MR) is 70.9 cm³/mol. The number of amides is 1. The zero-order valence-corrected chi connectivity index (χ0v) is 10.8. The number of carbonyl (C=O) groups is 1. The summed E-state index contributed by atoms with van der Waals surface area (Å²) < 4.78 is 0. The van der Waals surface area contributed by atoms with Crippen LogP contribution in [0.1, 0.15) is 21.6 Å². The molecular weight excluding hydrogens is 250 g/mol. The van der Waals surface area contributed by atoms with Crippen molar-refractivity contribution in [3.05, 3.63) is 52.4 Å². The second-order valence-electron chi connectivity index (χ2n) is 3.98. The van der Waals surface area contributed by atoms with Crippen LogP contribution in [0.15, 0.2) is 30.6 Å². The van der Waals surface area contributed by atoms with Gasteiger partial charge in [-0.25, -0.2) is 4.98 Å². The van der Waals surface area contributed by atoms with Crippen molar-refractivity contribution in [2.45, 2.75) is 13.8 Å². The van der Waals surface area contributed by atoms with E-state index in [0.29, 0.717) is 16.4 Å². The Balaban J connectivity index is 2.22. The number of pyridine rings is 2. The van der Waals surface area contributed by atoms with E-state index in [0.717, 1.165) is 11.3 Å². The first kappa shape index (κ1) is 12.5. The highest BCUT2D eigenvalue weighted by Gasteiger charge is 2.11. The van der Waals surface area contributed by atoms with Crippen LogP contribution in [0.3, 0.4) is 0 Å². The summed E-state index contributed by atoms with van der Waals surface area (Å²) in [4.78, 5) is 20.1. The lowest BCUT2D eigenvalue weighted by Crippen LogP contribution is -2.14. The lowest BCUT2D eigenvalue weighted by molar-refractivity contribution is 0.102. The Kier molecular flexibility index (Phi) is 3.58. The molecule has 0 saturated heterocycles. The SMILES string of the molecule is Cc1ccnc(NC(=O)c2cnc(C)cc2Cl)c1. The number of nitrogens with one attached hydrogen (secondary N) is 1. The van der Waals surface area contributed by atoms with E-state index in [-0.39, 0.29) is 5.91 Å². The zero-order chi connectivity index (χ0) is 13.1. The first-order chi connectivity index (χ1) is 8.56. The van der Waals surface area contributed by atoms with Gasteiger partial charge in [-0.05, 0) is 37.6 Å². The lowest BCUT2D eigenvalue weighted by atomic mass is 10.2. The van der Waals surface area contributed by atoms with Crippen molar-refractivity contribution in [2.24, 2.45) is 0 Å². The van der Waals surface area contributed by atoms with Crippen molar-refractivity contribution < 1.29 is 4.79 Å². The Hall–Kier alpha value is -1.94. The third-order valence-electron chi connectivity index (χ3n) is 2.39. The molecule has 1 amide bonds. The topological polar surface area (TPSA) is 54.9 Å². The first-order valence-corrected chi connectivity index (χ1v) is 5.80. The first-order valence-electron chi connectivity index (χ1n) is 5.42. The van der Waals surface area contributed by atoms with E-state index in [1.165, 1.54) is 6.20 Å². The highest BCUT2D eigenvalue weighted by molar-refractivity contribution is 6.34. The molecule has 2 heterocycles. The average molecular weight is 262 g/mol. The summed E-state index contributed by atoms with van der Waals surface area (Å²) in [6.45, 7) is 3.74. The van der Waals surface area contributed by atoms with E-state index in [2.05, 4.69) is 15.3 Å². The fraction of sp³-hybridized carbons (Fsp3) is 0.154. The molecule has 2 aromatic rings. The fourth-order valence-corrected chi connectivity index (χ4v) is 1.77. The molecule has 0 atom stereocenters. The van der Waals surface area contributed by atoms with Crippen molar-refractivity contribution in [2.75, 3.05) is 5.32 Å². The van der Waals surface area contributed by atoms with Crippen molar-refractivity contribution in [1.29, 1.82) is 0 Å². The van der Waals surface area contributed by atoms with Gasteiger partial charge in [-0.2, -0.15) is 0 Å². The van der Waals surface area contributed by atoms with Crippen LogP contribution in [-0.4, -0.2) is 15.9 Å². The highest BCUT2D eigenvalue weighted by atomic mass is 35.5. The Morgan fingerprint density at radius 3 is 2.72 bits per heavy atom. The van der Waals surface area contributed by atoms with Crippen LogP contribution in [0.4, 0.5) is 5.82 Å². The highest BCUT2D eigenvalue weighted by Crippen LogP contribution is 2.17. The molecule has 0 aromatic carbocycles. The van der Waals surface area contributed by atoms with Crippen LogP contribution in [0.5, 0.6) is 0 Å². The number of aromatic nitrogens is 2. The van der Waals surface area contributed by atoms with Crippen LogP contribution in [-0.2, 0) is 0 Å². The monoisotopic (exact) mass is 261 g/mol. The third kappa shape index (κ3) is 2.84. The van der Waals surface area contributed by atoms with Gasteiger partial charge in [0.15, 0.2) is 0 Å². The Morgan fingerprint density at radius 2 is 2.06 bits per heavy atom. The molecule has 0 unspecified atom stereocenters. The molecule has 92 valence electrons. The standard InChI is InChI=1S/C13H12ClN3O/c1-8-3-4-15-12(5-8)17-13(18)10-7-16-9(2)6-11(10)14/h3-7H,1-2H3,(H,15,17,18). The number of rotatable bonds is 2. The number of hydrogen-bond donors (Lipinski definition) is 1. The Bertz CT molecular complexity index is 599. The fourth-order valence-electron chi connectivity index (χ4n) is 1.48. The van der Waals surface area contributed by atoms with Crippen molar-refractivity contribution in [1.82, 2.24) is 9.97 Å². The summed E-state index contributed by atoms with van der Waals surface area (Å²) in [5.74, 6) is 0.183. The molecule has 2 rings (SSSR count). The summed E-state index contributed by atoms with van der Waals surface area (Å²) in [7, 11) is 0. The van der Waals surface area contributed by atoms with Gasteiger partial charge in [0, 0.05) is 18.1 Å². The number of carbonyl (C=O) groups excluding carboxylic acids is 1. The number of aryl methyl sites for hydroxylation is 2. The van der Waals surface area contributed by atoms with E-state index < -0.39 is 0 Å². The van der Waals surface area contributed by atoms with Gasteiger partial charge in [-0.3, -0.25) is 9.78 Å². The minimum Gasteiger partial charge on any atom is -0.306 e. The van der Waals surface area contributed by atoms with Crippen molar-refractivity contribution in [3.63, 3.8) is 0 Å². The molecule has 0 fully saturated rings. The molecule has 0 aliphatic heterocycles. The molecule has 0 saturated carbocycles. The molecule has 0 radical (unpaired) electrons. The maximum Gasteiger partial charge on any atom is 0.259 e. The molecule has 0 spiro atoms. The minimum absolute atomic E-state index is 0.314. The van der Waals surface area contributed by atoms with Crippen molar-refractivity contribution >= 4 is 23.3 Å². The van der Waals surface area contributed by atoms with Gasteiger partial charge in [0.05, 0.1) is 10.6 Å². The summed E-state index contributed by atoms with van der Waals surface area (Å²) in [5, 5.41) is 3.07. The van der Waals surface area contributed by atoms with Gasteiger partial charge in [0.2, 0.25) is 0 Å². The molecule has 0 bridgehead atoms. The van der Waals surface area contributed by atoms with E-state index >= 15 is 0 Å². The van der Waals surface area contributed by atoms with Gasteiger partial charge in [-0.1, -0.05) is 11.6 Å². The average Bonchev–Trinajstić information content (AvgIpc) is 2.28. The lowest BCUT2D eigenvalue weighted by Gasteiger charge is -2.06. The summed E-state index contributed by atoms with van der Waals surface area (Å²) in [5.41, 5.74) is 2.13. The second-order valence-corrected chi connectivity index (χ2v) is 4.39. The van der Waals surface area contributed by atoms with Crippen LogP contribution >= 0.6 is 11.6 Å². The number of halogens is 1. The minimum atomic E-state index is -0.314. The normalized spacial score (nSPS) is 10.2. The van der Waals surface area contributed by atoms with Crippen molar-refractivity contribution in [3.8, 4) is 0 Å². The molecule has 4 nitrogen and oxygen atoms in total. The maximum atomic E-state index is 12.0. The molecular formula is C13H12ClN3O. The van der Waals surface area contributed by atoms with E-state index in [1.54, 1.807) is 18.3 Å². The van der Waals surface area contributed by atoms with E-state index in [4.69, 9.17) is 11.6 Å². The number of nitrogens with zero attached hydrogens (tertiary/aromatic N) is 2. The van der Waals surface area contributed by atoms with Gasteiger partial charge in [0.25, 0.3) is 5.91 Å². The number of hydrogen-bond acceptors (Lipinski definition) is 3. The third-order valence-corrected chi connectivity index (χ3v) is 2.70. The van der Waals surface area contributed by atoms with Crippen LogP contribution in [0.25, 0.3) is 0 Å². The Labute approximate surface area is 110 Å². The molecule has 1 N–H and O–H groups in total. The molecule has 0 aliphatic rings. The molecule has 0 aliphatic carbocycles. The molecule has 18 heavy (non-hydrogen) atoms. The summed E-state index contributed by atoms with van der Waals surface area (Å²) in [6, 6.07) is 5.30. The number of anilines is 1. The van der Waals surface area contributed by atoms with Gasteiger partial charge >= 0.3 is 0 Å². The van der Waals surface area contributed by atoms with Gasteiger partial charge in [0.1, 0.15) is 5.82 Å². The molecule has 2 aromatic heterocycles. The van der Waals surface area contributed by atoms with E-state index in [9.17, 15) is 4.79 Å². The van der Waals surface area contributed by atoms with Crippen LogP contribution in [0.2, 0.25) is 5.02 Å². The maximum absolute atomic E-state index is 12.0.